The highest BCUT2D eigenvalue weighted by Crippen LogP contribution is 2.22. The van der Waals surface area contributed by atoms with Gasteiger partial charge >= 0.3 is 0 Å². The van der Waals surface area contributed by atoms with Crippen molar-refractivity contribution in [3.8, 4) is 0 Å². The highest BCUT2D eigenvalue weighted by atomic mass is 16.7. The summed E-state index contributed by atoms with van der Waals surface area (Å²) in [4.78, 5) is 0. The van der Waals surface area contributed by atoms with Gasteiger partial charge < -0.3 is 30.3 Å². The van der Waals surface area contributed by atoms with E-state index in [1.807, 2.05) is 0 Å². The Hall–Kier alpha value is -0.240. The highest BCUT2D eigenvalue weighted by Gasteiger charge is 2.47. The lowest BCUT2D eigenvalue weighted by Crippen LogP contribution is -2.62. The monoisotopic (exact) mass is 180 g/mol. The van der Waals surface area contributed by atoms with E-state index in [1.165, 1.54) is 0 Å². The van der Waals surface area contributed by atoms with Gasteiger partial charge in [0.15, 0.2) is 0 Å². The molecule has 0 saturated carbocycles. The van der Waals surface area contributed by atoms with Gasteiger partial charge in [-0.05, 0) is 0 Å². The third-order valence-corrected chi connectivity index (χ3v) is 1.91. The van der Waals surface area contributed by atoms with Crippen LogP contribution in [0.25, 0.3) is 0 Å². The van der Waals surface area contributed by atoms with Crippen LogP contribution in [0.15, 0.2) is 0 Å². The van der Waals surface area contributed by atoms with E-state index in [4.69, 9.17) is 20.4 Å². The Balaban J connectivity index is 2.71. The Morgan fingerprint density at radius 3 is 2.42 bits per heavy atom. The fourth-order valence-corrected chi connectivity index (χ4v) is 1.03. The number of aliphatic hydroxyl groups excluding tert-OH is 4. The zero-order chi connectivity index (χ0) is 9.35. The maximum Gasteiger partial charge on any atom is 0.218 e. The van der Waals surface area contributed by atoms with Gasteiger partial charge in [-0.25, -0.2) is 0 Å². The Labute approximate surface area is 68.6 Å². The maximum absolute atomic E-state index is 9.24. The number of hydrogen-bond donors (Lipinski definition) is 5. The van der Waals surface area contributed by atoms with Crippen LogP contribution in [-0.2, 0) is 4.74 Å². The molecule has 1 aliphatic rings. The molecule has 0 aliphatic carbocycles. The average molecular weight is 180 g/mol. The lowest BCUT2D eigenvalue weighted by atomic mass is 9.98. The predicted molar refractivity (Wildman–Crippen MR) is 36.0 cm³/mol. The van der Waals surface area contributed by atoms with Crippen molar-refractivity contribution in [2.24, 2.45) is 0 Å². The van der Waals surface area contributed by atoms with Crippen LogP contribution in [0.4, 0.5) is 0 Å². The third kappa shape index (κ3) is 1.45. The van der Waals surface area contributed by atoms with Crippen molar-refractivity contribution < 1.29 is 30.3 Å². The van der Waals surface area contributed by atoms with Crippen LogP contribution in [0.1, 0.15) is 0 Å². The summed E-state index contributed by atoms with van der Waals surface area (Å²) in [5.41, 5.74) is 0. The smallest absolute Gasteiger partial charge is 0.218 e. The topological polar surface area (TPSA) is 110 Å². The second-order valence-corrected chi connectivity index (χ2v) is 2.82. The Morgan fingerprint density at radius 1 is 1.33 bits per heavy atom. The molecule has 5 N–H and O–H groups in total. The maximum atomic E-state index is 9.24. The first-order valence-electron chi connectivity index (χ1n) is 3.52. The molecule has 2 unspecified atom stereocenters. The van der Waals surface area contributed by atoms with E-state index in [2.05, 4.69) is 4.74 Å². The summed E-state index contributed by atoms with van der Waals surface area (Å²) in [6.07, 6.45) is -4.45. The molecular weight excluding hydrogens is 168 g/mol. The van der Waals surface area contributed by atoms with Gasteiger partial charge in [0.25, 0.3) is 0 Å². The van der Waals surface area contributed by atoms with Crippen LogP contribution < -0.4 is 0 Å². The van der Waals surface area contributed by atoms with E-state index in [9.17, 15) is 5.11 Å². The van der Waals surface area contributed by atoms with Gasteiger partial charge in [0.2, 0.25) is 5.79 Å². The largest absolute Gasteiger partial charge is 0.391 e. The lowest BCUT2D eigenvalue weighted by Gasteiger charge is -2.40. The fraction of sp³-hybridized carbons (Fsp3) is 1.00. The Morgan fingerprint density at radius 2 is 1.92 bits per heavy atom. The van der Waals surface area contributed by atoms with Crippen LogP contribution in [-0.4, -0.2) is 62.8 Å². The minimum atomic E-state index is -2.17. The third-order valence-electron chi connectivity index (χ3n) is 1.91. The van der Waals surface area contributed by atoms with Crippen LogP contribution in [0, 0.1) is 0 Å². The molecule has 0 spiro atoms. The van der Waals surface area contributed by atoms with Gasteiger partial charge in [0.05, 0.1) is 13.2 Å². The van der Waals surface area contributed by atoms with E-state index in [-0.39, 0.29) is 6.61 Å². The summed E-state index contributed by atoms with van der Waals surface area (Å²) in [6, 6.07) is 0. The lowest BCUT2D eigenvalue weighted by molar-refractivity contribution is -0.331. The quantitative estimate of drug-likeness (QED) is 0.290. The van der Waals surface area contributed by atoms with E-state index in [0.29, 0.717) is 0 Å². The molecule has 12 heavy (non-hydrogen) atoms. The molecule has 0 amide bonds. The molecule has 0 radical (unpaired) electrons. The molecule has 6 heteroatoms. The van der Waals surface area contributed by atoms with Crippen molar-refractivity contribution in [1.82, 2.24) is 0 Å². The van der Waals surface area contributed by atoms with E-state index >= 15 is 0 Å². The van der Waals surface area contributed by atoms with Crippen molar-refractivity contribution in [2.45, 2.75) is 24.1 Å². The fourth-order valence-electron chi connectivity index (χ4n) is 1.03. The van der Waals surface area contributed by atoms with Crippen molar-refractivity contribution in [3.63, 3.8) is 0 Å². The zero-order valence-corrected chi connectivity index (χ0v) is 6.29. The Bertz CT molecular complexity index is 162. The number of hydrogen-bond acceptors (Lipinski definition) is 6. The molecular formula is C6H12O6. The van der Waals surface area contributed by atoms with Crippen LogP contribution in [0.2, 0.25) is 0 Å². The molecule has 1 rings (SSSR count). The van der Waals surface area contributed by atoms with Gasteiger partial charge in [0, 0.05) is 0 Å². The van der Waals surface area contributed by atoms with Crippen molar-refractivity contribution in [1.29, 1.82) is 0 Å². The molecule has 0 bridgehead atoms. The van der Waals surface area contributed by atoms with E-state index < -0.39 is 30.7 Å². The predicted octanol–water partition coefficient (Wildman–Crippen LogP) is -3.22. The van der Waals surface area contributed by atoms with Crippen molar-refractivity contribution >= 4 is 0 Å². The average Bonchev–Trinajstić information content (AvgIpc) is 2.09. The van der Waals surface area contributed by atoms with Gasteiger partial charge in [0.1, 0.15) is 18.3 Å². The first-order valence-corrected chi connectivity index (χ1v) is 3.52. The van der Waals surface area contributed by atoms with Crippen LogP contribution in [0.5, 0.6) is 0 Å². The standard InChI is InChI=1S/C6H12O6/c7-2-6(11)5(10)4(9)3(8)1-12-6/h3-5,7-11H,1-2H2/t3-,4?,5+,6?/m1/s1. The summed E-state index contributed by atoms with van der Waals surface area (Å²) in [7, 11) is 0. The van der Waals surface area contributed by atoms with Crippen molar-refractivity contribution in [2.75, 3.05) is 13.2 Å². The first-order chi connectivity index (χ1) is 5.51. The summed E-state index contributed by atoms with van der Waals surface area (Å²) < 4.78 is 4.56. The van der Waals surface area contributed by atoms with Gasteiger partial charge in [-0.15, -0.1) is 0 Å². The summed E-state index contributed by atoms with van der Waals surface area (Å²) in [5, 5.41) is 45.0. The molecule has 0 aromatic carbocycles. The Kier molecular flexibility index (Phi) is 2.67. The number of ether oxygens (including phenoxy) is 1. The molecule has 1 aliphatic heterocycles. The SMILES string of the molecule is OCC1(O)OC[C@@H](O)C(O)[C@@H]1O. The summed E-state index contributed by atoms with van der Waals surface area (Å²) >= 11 is 0. The molecule has 1 fully saturated rings. The molecule has 72 valence electrons. The van der Waals surface area contributed by atoms with Gasteiger partial charge in [-0.2, -0.15) is 0 Å². The van der Waals surface area contributed by atoms with E-state index in [0.717, 1.165) is 0 Å². The van der Waals surface area contributed by atoms with Crippen LogP contribution in [0.3, 0.4) is 0 Å². The number of rotatable bonds is 1. The van der Waals surface area contributed by atoms with Gasteiger partial charge in [-0.1, -0.05) is 0 Å². The summed E-state index contributed by atoms with van der Waals surface area (Å²) in [5.74, 6) is -2.17. The second kappa shape index (κ2) is 3.25. The zero-order valence-electron chi connectivity index (χ0n) is 6.29. The molecule has 4 atom stereocenters. The highest BCUT2D eigenvalue weighted by molar-refractivity contribution is 4.90. The first kappa shape index (κ1) is 9.85. The summed E-state index contributed by atoms with van der Waals surface area (Å²) in [6.45, 7) is -1.16. The number of aliphatic hydroxyl groups is 5. The van der Waals surface area contributed by atoms with Crippen molar-refractivity contribution in [3.05, 3.63) is 0 Å². The minimum Gasteiger partial charge on any atom is -0.391 e. The molecule has 6 nitrogen and oxygen atoms in total. The molecule has 0 aromatic heterocycles. The molecule has 1 saturated heterocycles. The van der Waals surface area contributed by atoms with Crippen LogP contribution >= 0.6 is 0 Å². The minimum absolute atomic E-state index is 0.324. The normalized spacial score (nSPS) is 49.2. The van der Waals surface area contributed by atoms with Gasteiger partial charge in [-0.3, -0.25) is 0 Å². The second-order valence-electron chi connectivity index (χ2n) is 2.82. The van der Waals surface area contributed by atoms with E-state index in [1.54, 1.807) is 0 Å². The molecule has 1 heterocycles. The molecule has 0 aromatic rings.